The van der Waals surface area contributed by atoms with Crippen molar-refractivity contribution in [1.29, 1.82) is 0 Å². The van der Waals surface area contributed by atoms with Crippen LogP contribution >= 0.6 is 0 Å². The molecule has 0 fully saturated rings. The summed E-state index contributed by atoms with van der Waals surface area (Å²) in [5, 5.41) is 5.25. The van der Waals surface area contributed by atoms with E-state index in [1.54, 1.807) is 16.8 Å². The highest BCUT2D eigenvalue weighted by atomic mass is 15.1. The lowest BCUT2D eigenvalue weighted by Gasteiger charge is -2.31. The minimum atomic E-state index is 0.601. The molecule has 3 aliphatic rings. The number of aromatic nitrogens is 1. The Hall–Kier alpha value is -1.54. The van der Waals surface area contributed by atoms with Gasteiger partial charge in [-0.1, -0.05) is 12.1 Å². The van der Waals surface area contributed by atoms with Crippen molar-refractivity contribution in [3.63, 3.8) is 0 Å². The van der Waals surface area contributed by atoms with Crippen molar-refractivity contribution < 1.29 is 0 Å². The van der Waals surface area contributed by atoms with E-state index in [2.05, 4.69) is 34.2 Å². The molecular weight excluding hydrogens is 256 g/mol. The number of benzene rings is 1. The third kappa shape index (κ3) is 1.69. The molecule has 1 aromatic heterocycles. The fraction of sp³-hybridized carbons (Fsp3) is 0.474. The van der Waals surface area contributed by atoms with Gasteiger partial charge in [-0.05, 0) is 67.4 Å². The standard InChI is InChI=1S/C19H22N2/c1-2-5-13(4-1)14-8-9-18-16(12-14)15-6-3-7-17-19(15)21(18)11-10-20-17/h4,8-9,12,17,20H,1-3,5-7,10-11H2/t17-/m1/s1. The Labute approximate surface area is 125 Å². The molecule has 21 heavy (non-hydrogen) atoms. The van der Waals surface area contributed by atoms with Gasteiger partial charge in [0.1, 0.15) is 0 Å². The molecule has 2 aromatic rings. The predicted octanol–water partition coefficient (Wildman–Crippen LogP) is 4.19. The molecule has 0 saturated carbocycles. The number of nitrogens with zero attached hydrogens (tertiary/aromatic N) is 1. The largest absolute Gasteiger partial charge is 0.342 e. The fourth-order valence-electron chi connectivity index (χ4n) is 4.65. The van der Waals surface area contributed by atoms with Crippen LogP contribution in [0, 0.1) is 0 Å². The highest BCUT2D eigenvalue weighted by Gasteiger charge is 2.29. The number of hydrogen-bond acceptors (Lipinski definition) is 1. The van der Waals surface area contributed by atoms with E-state index in [1.807, 2.05) is 0 Å². The van der Waals surface area contributed by atoms with Gasteiger partial charge in [-0.2, -0.15) is 0 Å². The Morgan fingerprint density at radius 2 is 2.14 bits per heavy atom. The SMILES string of the molecule is C1=C(c2ccc3c(c2)c2c4n3CCN[C@@H]4CCC2)CCC1. The van der Waals surface area contributed by atoms with E-state index in [0.29, 0.717) is 6.04 Å². The van der Waals surface area contributed by atoms with E-state index < -0.39 is 0 Å². The van der Waals surface area contributed by atoms with Crippen LogP contribution in [-0.2, 0) is 13.0 Å². The van der Waals surface area contributed by atoms with Gasteiger partial charge < -0.3 is 9.88 Å². The lowest BCUT2D eigenvalue weighted by Crippen LogP contribution is -2.35. The van der Waals surface area contributed by atoms with Crippen LogP contribution in [0.2, 0.25) is 0 Å². The van der Waals surface area contributed by atoms with Crippen LogP contribution in [0.5, 0.6) is 0 Å². The molecule has 5 rings (SSSR count). The Morgan fingerprint density at radius 3 is 3.05 bits per heavy atom. The zero-order chi connectivity index (χ0) is 13.8. The lowest BCUT2D eigenvalue weighted by molar-refractivity contribution is 0.384. The zero-order valence-corrected chi connectivity index (χ0v) is 12.5. The average Bonchev–Trinajstić information content (AvgIpc) is 3.16. The molecule has 1 N–H and O–H groups in total. The van der Waals surface area contributed by atoms with Crippen molar-refractivity contribution >= 4 is 16.5 Å². The van der Waals surface area contributed by atoms with Gasteiger partial charge in [0.2, 0.25) is 0 Å². The fourth-order valence-corrected chi connectivity index (χ4v) is 4.65. The number of hydrogen-bond donors (Lipinski definition) is 1. The third-order valence-corrected chi connectivity index (χ3v) is 5.60. The molecule has 108 valence electrons. The van der Waals surface area contributed by atoms with Gasteiger partial charge >= 0.3 is 0 Å². The molecule has 0 saturated heterocycles. The maximum Gasteiger partial charge on any atom is 0.0486 e. The number of rotatable bonds is 1. The van der Waals surface area contributed by atoms with E-state index in [9.17, 15) is 0 Å². The van der Waals surface area contributed by atoms with Crippen LogP contribution < -0.4 is 5.32 Å². The number of allylic oxidation sites excluding steroid dienone is 2. The normalized spacial score (nSPS) is 24.2. The molecule has 0 radical (unpaired) electrons. The molecule has 2 heterocycles. The highest BCUT2D eigenvalue weighted by Crippen LogP contribution is 2.40. The second-order valence-corrected chi connectivity index (χ2v) is 6.77. The molecule has 2 nitrogen and oxygen atoms in total. The molecule has 0 amide bonds. The first kappa shape index (κ1) is 12.0. The van der Waals surface area contributed by atoms with Crippen LogP contribution in [0.25, 0.3) is 16.5 Å². The van der Waals surface area contributed by atoms with Gasteiger partial charge in [-0.25, -0.2) is 0 Å². The van der Waals surface area contributed by atoms with Crippen molar-refractivity contribution in [2.24, 2.45) is 0 Å². The molecule has 1 aliphatic heterocycles. The lowest BCUT2D eigenvalue weighted by atomic mass is 9.90. The summed E-state index contributed by atoms with van der Waals surface area (Å²) in [6, 6.07) is 7.81. The molecule has 2 heteroatoms. The van der Waals surface area contributed by atoms with E-state index in [-0.39, 0.29) is 0 Å². The van der Waals surface area contributed by atoms with E-state index >= 15 is 0 Å². The summed E-state index contributed by atoms with van der Waals surface area (Å²) in [5.41, 5.74) is 7.73. The second-order valence-electron chi connectivity index (χ2n) is 6.77. The van der Waals surface area contributed by atoms with Crippen molar-refractivity contribution in [2.45, 2.75) is 51.1 Å². The first-order valence-electron chi connectivity index (χ1n) is 8.49. The Kier molecular flexibility index (Phi) is 2.57. The maximum atomic E-state index is 3.72. The third-order valence-electron chi connectivity index (χ3n) is 5.60. The predicted molar refractivity (Wildman–Crippen MR) is 87.4 cm³/mol. The van der Waals surface area contributed by atoms with Crippen LogP contribution in [0.1, 0.15) is 55.0 Å². The Morgan fingerprint density at radius 1 is 1.14 bits per heavy atom. The summed E-state index contributed by atoms with van der Waals surface area (Å²) < 4.78 is 2.60. The summed E-state index contributed by atoms with van der Waals surface area (Å²) in [6.45, 7) is 2.25. The summed E-state index contributed by atoms with van der Waals surface area (Å²) in [7, 11) is 0. The van der Waals surface area contributed by atoms with Crippen LogP contribution in [0.3, 0.4) is 0 Å². The monoisotopic (exact) mass is 278 g/mol. The van der Waals surface area contributed by atoms with Crippen LogP contribution in [0.4, 0.5) is 0 Å². The molecular formula is C19H22N2. The van der Waals surface area contributed by atoms with E-state index in [0.717, 1.165) is 13.1 Å². The molecule has 2 aliphatic carbocycles. The smallest absolute Gasteiger partial charge is 0.0486 e. The summed E-state index contributed by atoms with van der Waals surface area (Å²) in [5.74, 6) is 0. The maximum absolute atomic E-state index is 3.72. The average molecular weight is 278 g/mol. The number of nitrogens with one attached hydrogen (secondary N) is 1. The van der Waals surface area contributed by atoms with Crippen molar-refractivity contribution in [3.8, 4) is 0 Å². The minimum absolute atomic E-state index is 0.601. The van der Waals surface area contributed by atoms with Crippen molar-refractivity contribution in [3.05, 3.63) is 41.1 Å². The first-order chi connectivity index (χ1) is 10.4. The molecule has 0 bridgehead atoms. The van der Waals surface area contributed by atoms with Gasteiger partial charge in [0.05, 0.1) is 0 Å². The summed E-state index contributed by atoms with van der Waals surface area (Å²) in [4.78, 5) is 0. The minimum Gasteiger partial charge on any atom is -0.342 e. The number of fused-ring (bicyclic) bond motifs is 3. The van der Waals surface area contributed by atoms with Gasteiger partial charge in [0.15, 0.2) is 0 Å². The van der Waals surface area contributed by atoms with E-state index in [1.165, 1.54) is 55.0 Å². The first-order valence-corrected chi connectivity index (χ1v) is 8.49. The van der Waals surface area contributed by atoms with Gasteiger partial charge in [-0.3, -0.25) is 0 Å². The van der Waals surface area contributed by atoms with Crippen molar-refractivity contribution in [2.75, 3.05) is 6.54 Å². The van der Waals surface area contributed by atoms with Crippen molar-refractivity contribution in [1.82, 2.24) is 9.88 Å². The molecule has 0 spiro atoms. The van der Waals surface area contributed by atoms with Gasteiger partial charge in [0.25, 0.3) is 0 Å². The topological polar surface area (TPSA) is 17.0 Å². The summed E-state index contributed by atoms with van der Waals surface area (Å²) >= 11 is 0. The molecule has 1 aromatic carbocycles. The van der Waals surface area contributed by atoms with Gasteiger partial charge in [0, 0.05) is 35.7 Å². The van der Waals surface area contributed by atoms with Crippen LogP contribution in [0.15, 0.2) is 24.3 Å². The molecule has 0 unspecified atom stereocenters. The Bertz CT molecular complexity index is 749. The second kappa shape index (κ2) is 4.48. The Balaban J connectivity index is 1.75. The van der Waals surface area contributed by atoms with Crippen LogP contribution in [-0.4, -0.2) is 11.1 Å². The quantitative estimate of drug-likeness (QED) is 0.827. The number of aryl methyl sites for hydroxylation is 1. The van der Waals surface area contributed by atoms with E-state index in [4.69, 9.17) is 0 Å². The molecule has 1 atom stereocenters. The summed E-state index contributed by atoms with van der Waals surface area (Å²) in [6.07, 6.45) is 10.2. The van der Waals surface area contributed by atoms with Gasteiger partial charge in [-0.15, -0.1) is 0 Å². The highest BCUT2D eigenvalue weighted by molar-refractivity contribution is 5.89. The zero-order valence-electron chi connectivity index (χ0n) is 12.5.